The Kier molecular flexibility index (Phi) is 8.08. The van der Waals surface area contributed by atoms with Crippen LogP contribution in [0.2, 0.25) is 0 Å². The Bertz CT molecular complexity index is 248. The molecule has 0 radical (unpaired) electrons. The smallest absolute Gasteiger partial charge is 0.0502 e. The largest absolute Gasteiger partial charge is 0.384 e. The van der Waals surface area contributed by atoms with Crippen LogP contribution in [0.3, 0.4) is 0 Å². The fourth-order valence-corrected chi connectivity index (χ4v) is 3.50. The number of rotatable bonds is 8. The van der Waals surface area contributed by atoms with Crippen molar-refractivity contribution < 1.29 is 4.74 Å². The SMILES string of the molecule is COCC1CCCN(CCCC(CCN)C(C)(C)C)C1. The Hall–Kier alpha value is -0.120. The standard InChI is InChI=1S/C17H36N2O/c1-17(2,3)16(9-10-18)8-6-12-19-11-5-7-15(13-19)14-20-4/h15-16H,5-14,18H2,1-4H3. The molecule has 2 atom stereocenters. The number of nitrogens with zero attached hydrogens (tertiary/aromatic N) is 1. The van der Waals surface area contributed by atoms with E-state index in [1.54, 1.807) is 0 Å². The number of ether oxygens (including phenoxy) is 1. The van der Waals surface area contributed by atoms with Crippen molar-refractivity contribution in [2.75, 3.05) is 39.9 Å². The number of hydrogen-bond donors (Lipinski definition) is 1. The van der Waals surface area contributed by atoms with E-state index < -0.39 is 0 Å². The minimum absolute atomic E-state index is 0.389. The molecule has 1 aliphatic rings. The molecule has 1 saturated heterocycles. The van der Waals surface area contributed by atoms with E-state index in [9.17, 15) is 0 Å². The maximum absolute atomic E-state index is 5.77. The molecule has 120 valence electrons. The van der Waals surface area contributed by atoms with Gasteiger partial charge < -0.3 is 15.4 Å². The zero-order valence-corrected chi connectivity index (χ0v) is 14.2. The lowest BCUT2D eigenvalue weighted by atomic mass is 9.76. The minimum Gasteiger partial charge on any atom is -0.384 e. The van der Waals surface area contributed by atoms with E-state index in [1.165, 1.54) is 45.3 Å². The van der Waals surface area contributed by atoms with Gasteiger partial charge in [-0.1, -0.05) is 20.8 Å². The van der Waals surface area contributed by atoms with Crippen LogP contribution in [0.5, 0.6) is 0 Å². The molecule has 0 saturated carbocycles. The monoisotopic (exact) mass is 284 g/mol. The van der Waals surface area contributed by atoms with Gasteiger partial charge in [-0.2, -0.15) is 0 Å². The summed E-state index contributed by atoms with van der Waals surface area (Å²) in [5, 5.41) is 0. The molecule has 2 unspecified atom stereocenters. The molecule has 20 heavy (non-hydrogen) atoms. The summed E-state index contributed by atoms with van der Waals surface area (Å²) < 4.78 is 5.31. The fourth-order valence-electron chi connectivity index (χ4n) is 3.50. The lowest BCUT2D eigenvalue weighted by Gasteiger charge is -2.34. The van der Waals surface area contributed by atoms with E-state index in [2.05, 4.69) is 25.7 Å². The van der Waals surface area contributed by atoms with Crippen LogP contribution in [0.1, 0.15) is 52.9 Å². The molecular weight excluding hydrogens is 248 g/mol. The highest BCUT2D eigenvalue weighted by atomic mass is 16.5. The molecule has 3 heteroatoms. The van der Waals surface area contributed by atoms with Crippen molar-refractivity contribution in [1.82, 2.24) is 4.90 Å². The maximum Gasteiger partial charge on any atom is 0.0502 e. The molecule has 0 spiro atoms. The van der Waals surface area contributed by atoms with E-state index in [-0.39, 0.29) is 0 Å². The predicted molar refractivity (Wildman–Crippen MR) is 86.9 cm³/mol. The highest BCUT2D eigenvalue weighted by molar-refractivity contribution is 4.77. The first-order chi connectivity index (χ1) is 9.47. The van der Waals surface area contributed by atoms with Gasteiger partial charge in [-0.15, -0.1) is 0 Å². The fraction of sp³-hybridized carbons (Fsp3) is 1.00. The van der Waals surface area contributed by atoms with E-state index in [4.69, 9.17) is 10.5 Å². The van der Waals surface area contributed by atoms with Gasteiger partial charge >= 0.3 is 0 Å². The quantitative estimate of drug-likeness (QED) is 0.744. The molecule has 1 fully saturated rings. The van der Waals surface area contributed by atoms with Crippen molar-refractivity contribution >= 4 is 0 Å². The Morgan fingerprint density at radius 2 is 2.05 bits per heavy atom. The van der Waals surface area contributed by atoms with Gasteiger partial charge in [-0.3, -0.25) is 0 Å². The molecule has 0 aliphatic carbocycles. The zero-order chi connectivity index (χ0) is 15.0. The maximum atomic E-state index is 5.77. The first-order valence-electron chi connectivity index (χ1n) is 8.38. The van der Waals surface area contributed by atoms with Crippen LogP contribution in [0.4, 0.5) is 0 Å². The van der Waals surface area contributed by atoms with Crippen molar-refractivity contribution in [2.45, 2.75) is 52.9 Å². The van der Waals surface area contributed by atoms with Crippen LogP contribution in [-0.2, 0) is 4.74 Å². The number of likely N-dealkylation sites (tertiary alicyclic amines) is 1. The number of nitrogens with two attached hydrogens (primary N) is 1. The second-order valence-corrected chi connectivity index (χ2v) is 7.55. The Labute approximate surface area is 126 Å². The van der Waals surface area contributed by atoms with Crippen LogP contribution in [0.25, 0.3) is 0 Å². The summed E-state index contributed by atoms with van der Waals surface area (Å²) in [4.78, 5) is 2.63. The Balaban J connectivity index is 2.28. The van der Waals surface area contributed by atoms with Crippen molar-refractivity contribution in [3.8, 4) is 0 Å². The summed E-state index contributed by atoms with van der Waals surface area (Å²) in [7, 11) is 1.82. The van der Waals surface area contributed by atoms with Crippen LogP contribution >= 0.6 is 0 Å². The van der Waals surface area contributed by atoms with Crippen molar-refractivity contribution in [2.24, 2.45) is 23.0 Å². The van der Waals surface area contributed by atoms with E-state index in [0.29, 0.717) is 5.41 Å². The summed E-state index contributed by atoms with van der Waals surface area (Å²) in [6, 6.07) is 0. The van der Waals surface area contributed by atoms with Gasteiger partial charge in [0.25, 0.3) is 0 Å². The van der Waals surface area contributed by atoms with E-state index in [1.807, 2.05) is 7.11 Å². The van der Waals surface area contributed by atoms with Gasteiger partial charge in [0.2, 0.25) is 0 Å². The van der Waals surface area contributed by atoms with Gasteiger partial charge in [0.15, 0.2) is 0 Å². The first-order valence-corrected chi connectivity index (χ1v) is 8.38. The van der Waals surface area contributed by atoms with E-state index >= 15 is 0 Å². The average molecular weight is 284 g/mol. The predicted octanol–water partition coefficient (Wildman–Crippen LogP) is 3.14. The second kappa shape index (κ2) is 9.01. The molecule has 2 N–H and O–H groups in total. The highest BCUT2D eigenvalue weighted by Gasteiger charge is 2.24. The third-order valence-corrected chi connectivity index (χ3v) is 4.77. The first kappa shape index (κ1) is 17.9. The highest BCUT2D eigenvalue weighted by Crippen LogP contribution is 2.32. The lowest BCUT2D eigenvalue weighted by Crippen LogP contribution is -2.38. The number of methoxy groups -OCH3 is 1. The van der Waals surface area contributed by atoms with E-state index in [0.717, 1.165) is 31.4 Å². The Morgan fingerprint density at radius 1 is 1.30 bits per heavy atom. The number of hydrogen-bond acceptors (Lipinski definition) is 3. The third-order valence-electron chi connectivity index (χ3n) is 4.77. The molecule has 0 amide bonds. The molecule has 3 nitrogen and oxygen atoms in total. The topological polar surface area (TPSA) is 38.5 Å². The molecule has 0 aromatic carbocycles. The molecule has 0 aromatic heterocycles. The summed E-state index contributed by atoms with van der Waals surface area (Å²) in [5.41, 5.74) is 6.16. The van der Waals surface area contributed by atoms with Gasteiger partial charge in [0.05, 0.1) is 6.61 Å². The summed E-state index contributed by atoms with van der Waals surface area (Å²) in [6.07, 6.45) is 6.45. The molecule has 1 aliphatic heterocycles. The van der Waals surface area contributed by atoms with Crippen LogP contribution in [0.15, 0.2) is 0 Å². The average Bonchev–Trinajstić information content (AvgIpc) is 2.37. The van der Waals surface area contributed by atoms with Crippen LogP contribution in [0, 0.1) is 17.3 Å². The molecule has 0 aromatic rings. The molecule has 1 heterocycles. The van der Waals surface area contributed by atoms with Gasteiger partial charge in [0, 0.05) is 13.7 Å². The zero-order valence-electron chi connectivity index (χ0n) is 14.2. The normalized spacial score (nSPS) is 22.9. The van der Waals surface area contributed by atoms with Gasteiger partial charge in [0.1, 0.15) is 0 Å². The number of piperidine rings is 1. The van der Waals surface area contributed by atoms with Gasteiger partial charge in [-0.05, 0) is 69.0 Å². The van der Waals surface area contributed by atoms with Crippen LogP contribution < -0.4 is 5.73 Å². The van der Waals surface area contributed by atoms with Crippen LogP contribution in [-0.4, -0.2) is 44.8 Å². The summed E-state index contributed by atoms with van der Waals surface area (Å²) >= 11 is 0. The van der Waals surface area contributed by atoms with Crippen molar-refractivity contribution in [3.63, 3.8) is 0 Å². The van der Waals surface area contributed by atoms with Crippen molar-refractivity contribution in [1.29, 1.82) is 0 Å². The molecular formula is C17H36N2O. The lowest BCUT2D eigenvalue weighted by molar-refractivity contribution is 0.0875. The summed E-state index contributed by atoms with van der Waals surface area (Å²) in [6.45, 7) is 12.5. The van der Waals surface area contributed by atoms with Gasteiger partial charge in [-0.25, -0.2) is 0 Å². The molecule has 0 bridgehead atoms. The minimum atomic E-state index is 0.389. The summed E-state index contributed by atoms with van der Waals surface area (Å²) in [5.74, 6) is 1.50. The molecule has 1 rings (SSSR count). The third kappa shape index (κ3) is 6.55. The second-order valence-electron chi connectivity index (χ2n) is 7.55. The van der Waals surface area contributed by atoms with Crippen molar-refractivity contribution in [3.05, 3.63) is 0 Å². The Morgan fingerprint density at radius 3 is 2.65 bits per heavy atom.